The Kier molecular flexibility index (Phi) is 6.85. The Morgan fingerprint density at radius 3 is 2.37 bits per heavy atom. The van der Waals surface area contributed by atoms with Gasteiger partial charge in [0.2, 0.25) is 0 Å². The third-order valence-electron chi connectivity index (χ3n) is 2.73. The maximum absolute atomic E-state index is 11.0. The minimum atomic E-state index is -4.63. The Morgan fingerprint density at radius 2 is 1.84 bits per heavy atom. The van der Waals surface area contributed by atoms with Crippen LogP contribution in [-0.4, -0.2) is 68.2 Å². The summed E-state index contributed by atoms with van der Waals surface area (Å²) in [6.07, 6.45) is -2.40. The molecule has 1 rings (SSSR count). The molecule has 0 spiro atoms. The first-order valence-corrected chi connectivity index (χ1v) is 7.41. The van der Waals surface area contributed by atoms with E-state index in [1.807, 2.05) is 0 Å². The first-order chi connectivity index (χ1) is 8.89. The second-order valence-corrected chi connectivity index (χ2v) is 5.42. The number of hydrogen-bond acceptors (Lipinski definition) is 6. The van der Waals surface area contributed by atoms with Gasteiger partial charge < -0.3 is 28.7 Å². The van der Waals surface area contributed by atoms with Crippen LogP contribution in [0.25, 0.3) is 0 Å². The lowest BCUT2D eigenvalue weighted by Crippen LogP contribution is -2.38. The van der Waals surface area contributed by atoms with Gasteiger partial charge in [-0.2, -0.15) is 0 Å². The number of hydrogen-bond donors (Lipinski definition) is 2. The van der Waals surface area contributed by atoms with Crippen molar-refractivity contribution in [3.63, 3.8) is 0 Å². The molecule has 0 aromatic carbocycles. The number of phosphoric ester groups is 1. The van der Waals surface area contributed by atoms with E-state index in [1.165, 1.54) is 14.2 Å². The van der Waals surface area contributed by atoms with Crippen molar-refractivity contribution in [2.75, 3.05) is 34.0 Å². The summed E-state index contributed by atoms with van der Waals surface area (Å²) >= 11 is 0. The number of rotatable bonds is 8. The van der Waals surface area contributed by atoms with Crippen molar-refractivity contribution >= 4 is 7.82 Å². The lowest BCUT2D eigenvalue weighted by molar-refractivity contribution is -0.0469. The second-order valence-electron chi connectivity index (χ2n) is 4.22. The second kappa shape index (κ2) is 7.66. The molecule has 114 valence electrons. The van der Waals surface area contributed by atoms with Gasteiger partial charge >= 0.3 is 7.82 Å². The summed E-state index contributed by atoms with van der Waals surface area (Å²) in [5.74, 6) is 0. The number of phosphoric acid groups is 1. The predicted molar refractivity (Wildman–Crippen MR) is 64.7 cm³/mol. The lowest BCUT2D eigenvalue weighted by atomic mass is 10.1. The number of methoxy groups -OCH3 is 2. The molecule has 1 aliphatic heterocycles. The number of ether oxygens (including phenoxy) is 4. The predicted octanol–water partition coefficient (Wildman–Crippen LogP) is -0.0704. The average Bonchev–Trinajstić information content (AvgIpc) is 2.56. The Balaban J connectivity index is 2.70. The zero-order chi connectivity index (χ0) is 14.5. The molecule has 19 heavy (non-hydrogen) atoms. The van der Waals surface area contributed by atoms with Crippen LogP contribution in [0.1, 0.15) is 6.92 Å². The van der Waals surface area contributed by atoms with E-state index < -0.39 is 26.1 Å². The molecule has 0 bridgehead atoms. The van der Waals surface area contributed by atoms with Gasteiger partial charge in [0.1, 0.15) is 18.3 Å². The van der Waals surface area contributed by atoms with E-state index in [-0.39, 0.29) is 19.3 Å². The van der Waals surface area contributed by atoms with Crippen molar-refractivity contribution in [3.05, 3.63) is 0 Å². The molecule has 0 aromatic rings. The van der Waals surface area contributed by atoms with Crippen LogP contribution in [0.3, 0.4) is 0 Å². The van der Waals surface area contributed by atoms with Crippen LogP contribution in [0.5, 0.6) is 0 Å². The summed E-state index contributed by atoms with van der Waals surface area (Å²) in [5, 5.41) is 0. The normalized spacial score (nSPS) is 31.8. The zero-order valence-electron chi connectivity index (χ0n) is 11.2. The molecular formula is C10H21O8P. The van der Waals surface area contributed by atoms with E-state index in [4.69, 9.17) is 33.3 Å². The molecule has 4 atom stereocenters. The summed E-state index contributed by atoms with van der Waals surface area (Å²) in [6.45, 7) is 2.58. The van der Waals surface area contributed by atoms with Crippen molar-refractivity contribution in [2.45, 2.75) is 31.3 Å². The smallest absolute Gasteiger partial charge is 0.382 e. The van der Waals surface area contributed by atoms with Gasteiger partial charge in [-0.1, -0.05) is 0 Å². The van der Waals surface area contributed by atoms with Gasteiger partial charge in [-0.05, 0) is 6.92 Å². The van der Waals surface area contributed by atoms with E-state index in [0.29, 0.717) is 6.61 Å². The standard InChI is InChI=1S/C10H21O8P/c1-7-9(16-5-4-14-2)10(18-19(11,12)13)8(17-7)6-15-3/h7-10H,4-6H2,1-3H3,(H2,11,12,13). The highest BCUT2D eigenvalue weighted by atomic mass is 31.2. The molecule has 0 amide bonds. The molecule has 4 unspecified atom stereocenters. The van der Waals surface area contributed by atoms with Gasteiger partial charge in [0.05, 0.1) is 25.9 Å². The summed E-state index contributed by atoms with van der Waals surface area (Å²) in [4.78, 5) is 17.9. The van der Waals surface area contributed by atoms with Crippen LogP contribution in [-0.2, 0) is 28.0 Å². The molecule has 0 aromatic heterocycles. The van der Waals surface area contributed by atoms with Crippen molar-refractivity contribution in [2.24, 2.45) is 0 Å². The molecule has 1 heterocycles. The first kappa shape index (κ1) is 17.0. The Hall–Kier alpha value is -0.0500. The molecular weight excluding hydrogens is 279 g/mol. The molecule has 1 fully saturated rings. The molecule has 0 aliphatic carbocycles. The molecule has 0 saturated carbocycles. The summed E-state index contributed by atoms with van der Waals surface area (Å²) < 4.78 is 36.7. The van der Waals surface area contributed by atoms with Crippen LogP contribution < -0.4 is 0 Å². The molecule has 1 aliphatic rings. The quantitative estimate of drug-likeness (QED) is 0.474. The molecule has 1 saturated heterocycles. The summed E-state index contributed by atoms with van der Waals surface area (Å²) in [7, 11) is -1.61. The van der Waals surface area contributed by atoms with E-state index in [1.54, 1.807) is 6.92 Å². The molecule has 0 radical (unpaired) electrons. The minimum Gasteiger partial charge on any atom is -0.382 e. The first-order valence-electron chi connectivity index (χ1n) is 5.88. The maximum Gasteiger partial charge on any atom is 0.470 e. The van der Waals surface area contributed by atoms with E-state index >= 15 is 0 Å². The lowest BCUT2D eigenvalue weighted by Gasteiger charge is -2.23. The minimum absolute atomic E-state index is 0.166. The van der Waals surface area contributed by atoms with Gasteiger partial charge in [-0.15, -0.1) is 0 Å². The molecule has 8 nitrogen and oxygen atoms in total. The van der Waals surface area contributed by atoms with Gasteiger partial charge in [0.25, 0.3) is 0 Å². The van der Waals surface area contributed by atoms with Crippen molar-refractivity contribution < 1.29 is 37.8 Å². The van der Waals surface area contributed by atoms with E-state index in [0.717, 1.165) is 0 Å². The summed E-state index contributed by atoms with van der Waals surface area (Å²) in [5.41, 5.74) is 0. The maximum atomic E-state index is 11.0. The molecule has 2 N–H and O–H groups in total. The van der Waals surface area contributed by atoms with E-state index in [9.17, 15) is 4.57 Å². The van der Waals surface area contributed by atoms with Gasteiger partial charge in [0.15, 0.2) is 0 Å². The highest BCUT2D eigenvalue weighted by Crippen LogP contribution is 2.42. The van der Waals surface area contributed by atoms with Gasteiger partial charge in [-0.25, -0.2) is 4.57 Å². The Labute approximate surface area is 112 Å². The highest BCUT2D eigenvalue weighted by molar-refractivity contribution is 7.46. The van der Waals surface area contributed by atoms with Crippen LogP contribution in [0, 0.1) is 0 Å². The van der Waals surface area contributed by atoms with Gasteiger partial charge in [-0.3, -0.25) is 4.52 Å². The molecule has 9 heteroatoms. The monoisotopic (exact) mass is 300 g/mol. The van der Waals surface area contributed by atoms with Crippen LogP contribution in [0.15, 0.2) is 0 Å². The fraction of sp³-hybridized carbons (Fsp3) is 1.00. The topological polar surface area (TPSA) is 104 Å². The fourth-order valence-corrected chi connectivity index (χ4v) is 2.56. The Morgan fingerprint density at radius 1 is 1.16 bits per heavy atom. The van der Waals surface area contributed by atoms with Crippen LogP contribution in [0.4, 0.5) is 0 Å². The highest BCUT2D eigenvalue weighted by Gasteiger charge is 2.46. The van der Waals surface area contributed by atoms with Crippen molar-refractivity contribution in [1.29, 1.82) is 0 Å². The SMILES string of the molecule is COCCOC1C(C)OC(COC)C1OP(=O)(O)O. The largest absolute Gasteiger partial charge is 0.470 e. The third kappa shape index (κ3) is 5.45. The third-order valence-corrected chi connectivity index (χ3v) is 3.25. The average molecular weight is 300 g/mol. The van der Waals surface area contributed by atoms with E-state index in [2.05, 4.69) is 0 Å². The van der Waals surface area contributed by atoms with Crippen LogP contribution >= 0.6 is 7.82 Å². The zero-order valence-corrected chi connectivity index (χ0v) is 12.1. The van der Waals surface area contributed by atoms with Crippen LogP contribution in [0.2, 0.25) is 0 Å². The fourth-order valence-electron chi connectivity index (χ4n) is 1.99. The van der Waals surface area contributed by atoms with Gasteiger partial charge in [0, 0.05) is 14.2 Å². The summed E-state index contributed by atoms with van der Waals surface area (Å²) in [6, 6.07) is 0. The van der Waals surface area contributed by atoms with Crippen molar-refractivity contribution in [3.8, 4) is 0 Å². The van der Waals surface area contributed by atoms with Crippen molar-refractivity contribution in [1.82, 2.24) is 0 Å². The Bertz CT molecular complexity index is 306.